The Labute approximate surface area is 123 Å². The molecule has 0 saturated heterocycles. The largest absolute Gasteiger partial charge is 0.396 e. The number of nitriles is 1. The number of nitrogens with zero attached hydrogens (tertiary/aromatic N) is 3. The molecule has 6 nitrogen and oxygen atoms in total. The van der Waals surface area contributed by atoms with Crippen molar-refractivity contribution in [2.75, 3.05) is 25.4 Å². The van der Waals surface area contributed by atoms with Crippen LogP contribution < -0.4 is 10.6 Å². The molecule has 0 bridgehead atoms. The summed E-state index contributed by atoms with van der Waals surface area (Å²) in [5.41, 5.74) is 1.06. The van der Waals surface area contributed by atoms with Crippen LogP contribution in [0.1, 0.15) is 12.1 Å². The zero-order valence-corrected chi connectivity index (χ0v) is 12.1. The lowest BCUT2D eigenvalue weighted by Crippen LogP contribution is -2.36. The SMILES string of the molecule is N#CNC(=NCCCO)NCCSCc1ccccn1. The molecule has 0 unspecified atom stereocenters. The maximum Gasteiger partial charge on any atom is 0.204 e. The van der Waals surface area contributed by atoms with Gasteiger partial charge in [0, 0.05) is 37.4 Å². The monoisotopic (exact) mass is 293 g/mol. The minimum Gasteiger partial charge on any atom is -0.396 e. The zero-order valence-electron chi connectivity index (χ0n) is 11.2. The third kappa shape index (κ3) is 7.61. The fourth-order valence-electron chi connectivity index (χ4n) is 1.36. The predicted molar refractivity (Wildman–Crippen MR) is 81.2 cm³/mol. The Kier molecular flexibility index (Phi) is 9.02. The maximum atomic E-state index is 8.68. The molecule has 0 aliphatic carbocycles. The number of aliphatic hydroxyl groups excluding tert-OH is 1. The molecular weight excluding hydrogens is 274 g/mol. The van der Waals surface area contributed by atoms with Crippen molar-refractivity contribution in [3.63, 3.8) is 0 Å². The molecule has 0 fully saturated rings. The van der Waals surface area contributed by atoms with Gasteiger partial charge in [0.1, 0.15) is 0 Å². The second kappa shape index (κ2) is 11.1. The van der Waals surface area contributed by atoms with Gasteiger partial charge in [0.25, 0.3) is 0 Å². The van der Waals surface area contributed by atoms with Gasteiger partial charge in [-0.15, -0.1) is 0 Å². The van der Waals surface area contributed by atoms with E-state index in [0.29, 0.717) is 25.5 Å². The lowest BCUT2D eigenvalue weighted by atomic mass is 10.4. The van der Waals surface area contributed by atoms with Crippen LogP contribution in [-0.4, -0.2) is 41.5 Å². The van der Waals surface area contributed by atoms with Crippen LogP contribution in [0.3, 0.4) is 0 Å². The average Bonchev–Trinajstić information content (AvgIpc) is 2.48. The van der Waals surface area contributed by atoms with Crippen molar-refractivity contribution in [2.45, 2.75) is 12.2 Å². The van der Waals surface area contributed by atoms with Crippen LogP contribution in [0.4, 0.5) is 0 Å². The van der Waals surface area contributed by atoms with Gasteiger partial charge >= 0.3 is 0 Å². The van der Waals surface area contributed by atoms with E-state index in [9.17, 15) is 0 Å². The predicted octanol–water partition coefficient (Wildman–Crippen LogP) is 0.713. The number of nitrogens with one attached hydrogen (secondary N) is 2. The number of hydrogen-bond donors (Lipinski definition) is 3. The molecule has 0 radical (unpaired) electrons. The molecule has 1 heterocycles. The summed E-state index contributed by atoms with van der Waals surface area (Å²) in [7, 11) is 0. The number of rotatable bonds is 8. The summed E-state index contributed by atoms with van der Waals surface area (Å²) in [6, 6.07) is 5.88. The Morgan fingerprint density at radius 1 is 1.50 bits per heavy atom. The number of guanidine groups is 1. The van der Waals surface area contributed by atoms with Crippen LogP contribution in [-0.2, 0) is 5.75 Å². The molecule has 0 aliphatic rings. The molecule has 0 spiro atoms. The maximum absolute atomic E-state index is 8.68. The molecule has 7 heteroatoms. The molecule has 0 aliphatic heterocycles. The highest BCUT2D eigenvalue weighted by molar-refractivity contribution is 7.98. The van der Waals surface area contributed by atoms with Crippen LogP contribution in [0.2, 0.25) is 0 Å². The molecule has 0 saturated carbocycles. The Morgan fingerprint density at radius 3 is 3.10 bits per heavy atom. The van der Waals surface area contributed by atoms with E-state index in [1.54, 1.807) is 18.0 Å². The molecule has 1 aromatic heterocycles. The summed E-state index contributed by atoms with van der Waals surface area (Å²) in [5.74, 6) is 2.22. The van der Waals surface area contributed by atoms with Gasteiger partial charge in [-0.1, -0.05) is 6.07 Å². The number of aliphatic imine (C=N–C) groups is 1. The fraction of sp³-hybridized carbons (Fsp3) is 0.462. The van der Waals surface area contributed by atoms with E-state index in [-0.39, 0.29) is 6.61 Å². The van der Waals surface area contributed by atoms with Gasteiger partial charge in [0.05, 0.1) is 5.69 Å². The van der Waals surface area contributed by atoms with E-state index in [4.69, 9.17) is 10.4 Å². The van der Waals surface area contributed by atoms with E-state index in [0.717, 1.165) is 17.2 Å². The van der Waals surface area contributed by atoms with E-state index in [1.807, 2.05) is 24.4 Å². The minimum absolute atomic E-state index is 0.100. The van der Waals surface area contributed by atoms with Crippen LogP contribution >= 0.6 is 11.8 Å². The van der Waals surface area contributed by atoms with Gasteiger partial charge in [-0.25, -0.2) is 0 Å². The third-order valence-corrected chi connectivity index (χ3v) is 3.27. The van der Waals surface area contributed by atoms with Crippen molar-refractivity contribution in [1.29, 1.82) is 5.26 Å². The molecule has 0 aromatic carbocycles. The molecule has 20 heavy (non-hydrogen) atoms. The van der Waals surface area contributed by atoms with Gasteiger partial charge in [0.2, 0.25) is 5.96 Å². The van der Waals surface area contributed by atoms with Crippen LogP contribution in [0.15, 0.2) is 29.4 Å². The van der Waals surface area contributed by atoms with E-state index < -0.39 is 0 Å². The van der Waals surface area contributed by atoms with E-state index in [2.05, 4.69) is 20.6 Å². The number of pyridine rings is 1. The normalized spacial score (nSPS) is 10.9. The van der Waals surface area contributed by atoms with Crippen molar-refractivity contribution in [3.8, 4) is 6.19 Å². The smallest absolute Gasteiger partial charge is 0.204 e. The number of hydrogen-bond acceptors (Lipinski definition) is 5. The topological polar surface area (TPSA) is 93.3 Å². The summed E-state index contributed by atoms with van der Waals surface area (Å²) in [6.45, 7) is 1.31. The first-order valence-electron chi connectivity index (χ1n) is 6.38. The Balaban J connectivity index is 2.17. The third-order valence-electron chi connectivity index (χ3n) is 2.28. The van der Waals surface area contributed by atoms with Crippen molar-refractivity contribution >= 4 is 17.7 Å². The van der Waals surface area contributed by atoms with Crippen molar-refractivity contribution in [3.05, 3.63) is 30.1 Å². The first kappa shape index (κ1) is 16.3. The first-order chi connectivity index (χ1) is 9.86. The van der Waals surface area contributed by atoms with Crippen LogP contribution in [0.5, 0.6) is 0 Å². The van der Waals surface area contributed by atoms with Crippen molar-refractivity contribution in [2.24, 2.45) is 4.99 Å². The fourth-order valence-corrected chi connectivity index (χ4v) is 2.13. The first-order valence-corrected chi connectivity index (χ1v) is 7.54. The van der Waals surface area contributed by atoms with Gasteiger partial charge in [-0.3, -0.25) is 15.3 Å². The lowest BCUT2D eigenvalue weighted by Gasteiger charge is -2.07. The lowest BCUT2D eigenvalue weighted by molar-refractivity contribution is 0.291. The Morgan fingerprint density at radius 2 is 2.40 bits per heavy atom. The zero-order chi connectivity index (χ0) is 14.5. The second-order valence-corrected chi connectivity index (χ2v) is 4.95. The highest BCUT2D eigenvalue weighted by Gasteiger charge is 1.97. The second-order valence-electron chi connectivity index (χ2n) is 3.84. The van der Waals surface area contributed by atoms with Crippen molar-refractivity contribution < 1.29 is 5.11 Å². The Hall–Kier alpha value is -1.78. The molecular formula is C13H19N5OS. The van der Waals surface area contributed by atoms with Crippen LogP contribution in [0.25, 0.3) is 0 Å². The summed E-state index contributed by atoms with van der Waals surface area (Å²) in [6.07, 6.45) is 4.22. The molecule has 108 valence electrons. The minimum atomic E-state index is 0.100. The molecule has 0 atom stereocenters. The van der Waals surface area contributed by atoms with Crippen LogP contribution in [0, 0.1) is 11.5 Å². The summed E-state index contributed by atoms with van der Waals surface area (Å²) >= 11 is 1.76. The summed E-state index contributed by atoms with van der Waals surface area (Å²) < 4.78 is 0. The van der Waals surface area contributed by atoms with Gasteiger partial charge in [0.15, 0.2) is 6.19 Å². The number of aliphatic hydroxyl groups is 1. The molecule has 1 aromatic rings. The van der Waals surface area contributed by atoms with E-state index in [1.165, 1.54) is 0 Å². The Bertz CT molecular complexity index is 432. The molecule has 3 N–H and O–H groups in total. The van der Waals surface area contributed by atoms with E-state index >= 15 is 0 Å². The quantitative estimate of drug-likeness (QED) is 0.215. The highest BCUT2D eigenvalue weighted by Crippen LogP contribution is 2.07. The van der Waals surface area contributed by atoms with Gasteiger partial charge < -0.3 is 10.4 Å². The summed E-state index contributed by atoms with van der Waals surface area (Å²) in [4.78, 5) is 8.40. The summed E-state index contributed by atoms with van der Waals surface area (Å²) in [5, 5.41) is 22.8. The standard InChI is InChI=1S/C13H19N5OS/c14-11-18-13(16-6-3-8-19)17-7-9-20-10-12-4-1-2-5-15-12/h1-2,4-5,19H,3,6-10H2,(H2,16,17,18). The van der Waals surface area contributed by atoms with Crippen molar-refractivity contribution in [1.82, 2.24) is 15.6 Å². The number of thioether (sulfide) groups is 1. The number of aromatic nitrogens is 1. The van der Waals surface area contributed by atoms with Gasteiger partial charge in [-0.2, -0.15) is 17.0 Å². The molecule has 0 amide bonds. The average molecular weight is 293 g/mol. The highest BCUT2D eigenvalue weighted by atomic mass is 32.2. The van der Waals surface area contributed by atoms with Gasteiger partial charge in [-0.05, 0) is 18.6 Å². The molecule has 1 rings (SSSR count).